The lowest BCUT2D eigenvalue weighted by Gasteiger charge is -2.27. The molecule has 4 heteroatoms. The summed E-state index contributed by atoms with van der Waals surface area (Å²) in [7, 11) is 3.67. The molecule has 0 aromatic heterocycles. The van der Waals surface area contributed by atoms with Gasteiger partial charge in [-0.1, -0.05) is 0 Å². The van der Waals surface area contributed by atoms with Crippen molar-refractivity contribution in [3.8, 4) is 0 Å². The summed E-state index contributed by atoms with van der Waals surface area (Å²) >= 11 is 0. The van der Waals surface area contributed by atoms with E-state index in [0.29, 0.717) is 24.2 Å². The average molecular weight is 198 g/mol. The van der Waals surface area contributed by atoms with Crippen LogP contribution in [0.4, 0.5) is 0 Å². The number of hydrogen-bond acceptors (Lipinski definition) is 4. The number of ketones is 1. The van der Waals surface area contributed by atoms with Crippen molar-refractivity contribution in [2.24, 2.45) is 5.92 Å². The lowest BCUT2D eigenvalue weighted by Crippen LogP contribution is -2.34. The molecule has 0 saturated heterocycles. The Balaban J connectivity index is 2.45. The smallest absolute Gasteiger partial charge is 0.172 e. The molecule has 1 unspecified atom stereocenters. The average Bonchev–Trinajstić information content (AvgIpc) is 2.19. The first-order valence-electron chi connectivity index (χ1n) is 4.97. The van der Waals surface area contributed by atoms with Gasteiger partial charge < -0.3 is 15.7 Å². The largest absolute Gasteiger partial charge is 0.511 e. The lowest BCUT2D eigenvalue weighted by atomic mass is 9.78. The second-order valence-corrected chi connectivity index (χ2v) is 3.53. The van der Waals surface area contributed by atoms with Crippen LogP contribution in [0.25, 0.3) is 0 Å². The summed E-state index contributed by atoms with van der Waals surface area (Å²) in [6, 6.07) is 0. The number of Topliss-reactive ketones (excluding diaryl/α,β-unsaturated/α-hetero) is 1. The molecular formula is C10H18N2O2. The Bertz CT molecular complexity index is 249. The minimum atomic E-state index is -0.241. The van der Waals surface area contributed by atoms with Crippen molar-refractivity contribution < 1.29 is 9.90 Å². The predicted octanol–water partition coefficient (Wildman–Crippen LogP) is 0.216. The van der Waals surface area contributed by atoms with Crippen LogP contribution in [0.5, 0.6) is 0 Å². The number of hydrogen-bond donors (Lipinski definition) is 3. The summed E-state index contributed by atoms with van der Waals surface area (Å²) in [5, 5.41) is 15.5. The van der Waals surface area contributed by atoms with Crippen LogP contribution in [0.2, 0.25) is 0 Å². The molecule has 1 atom stereocenters. The Morgan fingerprint density at radius 1 is 1.29 bits per heavy atom. The first-order valence-corrected chi connectivity index (χ1v) is 4.97. The molecule has 0 fully saturated rings. The molecule has 14 heavy (non-hydrogen) atoms. The normalized spacial score (nSPS) is 21.3. The van der Waals surface area contributed by atoms with Crippen LogP contribution in [0.1, 0.15) is 12.8 Å². The molecule has 3 N–H and O–H groups in total. The van der Waals surface area contributed by atoms with E-state index >= 15 is 0 Å². The Morgan fingerprint density at radius 3 is 2.43 bits per heavy atom. The van der Waals surface area contributed by atoms with Gasteiger partial charge in [0.15, 0.2) is 5.78 Å². The van der Waals surface area contributed by atoms with Crippen LogP contribution >= 0.6 is 0 Å². The third-order valence-corrected chi connectivity index (χ3v) is 2.56. The topological polar surface area (TPSA) is 61.4 Å². The van der Waals surface area contributed by atoms with Gasteiger partial charge in [0.2, 0.25) is 0 Å². The van der Waals surface area contributed by atoms with E-state index in [4.69, 9.17) is 0 Å². The van der Waals surface area contributed by atoms with Gasteiger partial charge >= 0.3 is 0 Å². The Morgan fingerprint density at radius 2 is 1.93 bits per heavy atom. The van der Waals surface area contributed by atoms with Crippen LogP contribution in [-0.4, -0.2) is 38.1 Å². The minimum Gasteiger partial charge on any atom is -0.511 e. The Kier molecular flexibility index (Phi) is 4.10. The number of carbonyl (C=O) groups is 1. The van der Waals surface area contributed by atoms with E-state index in [1.807, 2.05) is 14.1 Å². The predicted molar refractivity (Wildman–Crippen MR) is 55.2 cm³/mol. The zero-order valence-corrected chi connectivity index (χ0v) is 8.76. The molecule has 4 nitrogen and oxygen atoms in total. The summed E-state index contributed by atoms with van der Waals surface area (Å²) in [6.07, 6.45) is 1.33. The van der Waals surface area contributed by atoms with Gasteiger partial charge in [-0.3, -0.25) is 4.79 Å². The number of rotatable bonds is 6. The third-order valence-electron chi connectivity index (χ3n) is 2.56. The quantitative estimate of drug-likeness (QED) is 0.571. The SMILES string of the molecule is CNCCC1=C(O)C(CCNC)C1=O. The van der Waals surface area contributed by atoms with E-state index in [9.17, 15) is 9.90 Å². The summed E-state index contributed by atoms with van der Waals surface area (Å²) in [4.78, 5) is 11.5. The lowest BCUT2D eigenvalue weighted by molar-refractivity contribution is -0.122. The van der Waals surface area contributed by atoms with Crippen molar-refractivity contribution >= 4 is 5.78 Å². The highest BCUT2D eigenvalue weighted by Crippen LogP contribution is 2.32. The number of aliphatic hydroxyl groups is 1. The van der Waals surface area contributed by atoms with Gasteiger partial charge in [-0.25, -0.2) is 0 Å². The number of nitrogens with one attached hydrogen (secondary N) is 2. The number of allylic oxidation sites excluding steroid dienone is 1. The Labute approximate surface area is 84.4 Å². The van der Waals surface area contributed by atoms with Crippen LogP contribution in [-0.2, 0) is 4.79 Å². The van der Waals surface area contributed by atoms with Crippen molar-refractivity contribution in [3.63, 3.8) is 0 Å². The fourth-order valence-corrected chi connectivity index (χ4v) is 1.65. The van der Waals surface area contributed by atoms with Crippen molar-refractivity contribution in [1.29, 1.82) is 0 Å². The minimum absolute atomic E-state index is 0.119. The van der Waals surface area contributed by atoms with Crippen molar-refractivity contribution in [1.82, 2.24) is 10.6 Å². The van der Waals surface area contributed by atoms with E-state index in [1.165, 1.54) is 0 Å². The maximum Gasteiger partial charge on any atom is 0.172 e. The van der Waals surface area contributed by atoms with Crippen LogP contribution in [0.3, 0.4) is 0 Å². The molecule has 0 heterocycles. The highest BCUT2D eigenvalue weighted by Gasteiger charge is 2.37. The number of carbonyl (C=O) groups excluding carboxylic acids is 1. The van der Waals surface area contributed by atoms with Gasteiger partial charge in [0.05, 0.1) is 5.92 Å². The fraction of sp³-hybridized carbons (Fsp3) is 0.700. The van der Waals surface area contributed by atoms with Gasteiger partial charge in [-0.15, -0.1) is 0 Å². The molecule has 0 aromatic carbocycles. The summed E-state index contributed by atoms with van der Waals surface area (Å²) in [5.41, 5.74) is 0.612. The molecule has 0 aromatic rings. The van der Waals surface area contributed by atoms with Crippen molar-refractivity contribution in [3.05, 3.63) is 11.3 Å². The molecular weight excluding hydrogens is 180 g/mol. The first-order chi connectivity index (χ1) is 6.72. The molecule has 0 spiro atoms. The van der Waals surface area contributed by atoms with E-state index < -0.39 is 0 Å². The molecule has 0 bridgehead atoms. The Hall–Kier alpha value is -0.870. The van der Waals surface area contributed by atoms with Gasteiger partial charge in [-0.05, 0) is 40.0 Å². The maximum atomic E-state index is 11.5. The van der Waals surface area contributed by atoms with Crippen molar-refractivity contribution in [2.45, 2.75) is 12.8 Å². The van der Waals surface area contributed by atoms with Crippen LogP contribution in [0.15, 0.2) is 11.3 Å². The molecule has 80 valence electrons. The van der Waals surface area contributed by atoms with E-state index in [2.05, 4.69) is 10.6 Å². The van der Waals surface area contributed by atoms with Crippen LogP contribution in [0, 0.1) is 5.92 Å². The fourth-order valence-electron chi connectivity index (χ4n) is 1.65. The van der Waals surface area contributed by atoms with E-state index in [1.54, 1.807) is 0 Å². The summed E-state index contributed by atoms with van der Waals surface area (Å²) in [5.74, 6) is 0.183. The van der Waals surface area contributed by atoms with Crippen molar-refractivity contribution in [2.75, 3.05) is 27.2 Å². The second-order valence-electron chi connectivity index (χ2n) is 3.53. The van der Waals surface area contributed by atoms with Gasteiger partial charge in [-0.2, -0.15) is 0 Å². The molecule has 1 aliphatic rings. The zero-order valence-electron chi connectivity index (χ0n) is 8.76. The monoisotopic (exact) mass is 198 g/mol. The molecule has 1 aliphatic carbocycles. The standard InChI is InChI=1S/C10H18N2O2/c1-11-5-3-7-9(13)8(10(7)14)4-6-12-2/h7,11-13H,3-6H2,1-2H3. The molecule has 0 saturated carbocycles. The highest BCUT2D eigenvalue weighted by atomic mass is 16.3. The molecule has 0 aliphatic heterocycles. The summed E-state index contributed by atoms with van der Waals surface area (Å²) in [6.45, 7) is 1.50. The summed E-state index contributed by atoms with van der Waals surface area (Å²) < 4.78 is 0. The van der Waals surface area contributed by atoms with Gasteiger partial charge in [0.1, 0.15) is 5.76 Å². The molecule has 1 rings (SSSR count). The van der Waals surface area contributed by atoms with E-state index in [-0.39, 0.29) is 11.7 Å². The van der Waals surface area contributed by atoms with E-state index in [0.717, 1.165) is 13.1 Å². The highest BCUT2D eigenvalue weighted by molar-refractivity contribution is 6.05. The second kappa shape index (κ2) is 5.12. The van der Waals surface area contributed by atoms with Gasteiger partial charge in [0, 0.05) is 5.57 Å². The number of aliphatic hydroxyl groups excluding tert-OH is 1. The first kappa shape index (κ1) is 11.2. The maximum absolute atomic E-state index is 11.5. The zero-order chi connectivity index (χ0) is 10.6. The molecule has 0 radical (unpaired) electrons. The third kappa shape index (κ3) is 2.13. The van der Waals surface area contributed by atoms with Crippen LogP contribution < -0.4 is 10.6 Å². The molecule has 0 amide bonds. The van der Waals surface area contributed by atoms with Gasteiger partial charge in [0.25, 0.3) is 0 Å².